The predicted octanol–water partition coefficient (Wildman–Crippen LogP) is 5.40. The second kappa shape index (κ2) is 7.18. The van der Waals surface area contributed by atoms with Gasteiger partial charge in [-0.15, -0.1) is 0 Å². The summed E-state index contributed by atoms with van der Waals surface area (Å²) >= 11 is 7.07. The van der Waals surface area contributed by atoms with Crippen molar-refractivity contribution in [1.82, 2.24) is 0 Å². The molecule has 3 nitrogen and oxygen atoms in total. The average Bonchev–Trinajstić information content (AvgIpc) is 2.49. The number of anilines is 1. The van der Waals surface area contributed by atoms with Gasteiger partial charge in [0, 0.05) is 16.6 Å². The van der Waals surface area contributed by atoms with E-state index in [0.717, 1.165) is 31.7 Å². The van der Waals surface area contributed by atoms with E-state index in [2.05, 4.69) is 56.2 Å². The lowest BCUT2D eigenvalue weighted by Gasteiger charge is -2.18. The highest BCUT2D eigenvalue weighted by Crippen LogP contribution is 2.32. The van der Waals surface area contributed by atoms with Gasteiger partial charge in [0.1, 0.15) is 11.5 Å². The molecule has 0 amide bonds. The molecule has 0 aromatic heterocycles. The number of benzene rings is 2. The number of nitrogens with one attached hydrogen (secondary N) is 1. The molecule has 5 heteroatoms. The Morgan fingerprint density at radius 3 is 2.33 bits per heavy atom. The van der Waals surface area contributed by atoms with Gasteiger partial charge in [-0.1, -0.05) is 6.07 Å². The van der Waals surface area contributed by atoms with Crippen molar-refractivity contribution in [2.75, 3.05) is 19.5 Å². The van der Waals surface area contributed by atoms with E-state index in [4.69, 9.17) is 9.47 Å². The third kappa shape index (κ3) is 3.92. The zero-order chi connectivity index (χ0) is 15.4. The van der Waals surface area contributed by atoms with Crippen LogP contribution in [0.5, 0.6) is 11.5 Å². The molecule has 1 unspecified atom stereocenters. The predicted molar refractivity (Wildman–Crippen MR) is 93.4 cm³/mol. The highest BCUT2D eigenvalue weighted by Gasteiger charge is 2.10. The first-order valence-electron chi connectivity index (χ1n) is 6.48. The zero-order valence-corrected chi connectivity index (χ0v) is 15.3. The monoisotopic (exact) mass is 413 g/mol. The fourth-order valence-electron chi connectivity index (χ4n) is 2.01. The smallest absolute Gasteiger partial charge is 0.133 e. The largest absolute Gasteiger partial charge is 0.497 e. The van der Waals surface area contributed by atoms with Gasteiger partial charge in [0.15, 0.2) is 0 Å². The molecule has 0 saturated heterocycles. The van der Waals surface area contributed by atoms with Crippen LogP contribution in [-0.2, 0) is 0 Å². The number of methoxy groups -OCH3 is 2. The fraction of sp³-hybridized carbons (Fsp3) is 0.250. The Morgan fingerprint density at radius 1 is 0.952 bits per heavy atom. The lowest BCUT2D eigenvalue weighted by atomic mass is 10.1. The van der Waals surface area contributed by atoms with Crippen LogP contribution >= 0.6 is 31.9 Å². The molecule has 112 valence electrons. The van der Waals surface area contributed by atoms with Crippen molar-refractivity contribution in [3.05, 3.63) is 50.9 Å². The lowest BCUT2D eigenvalue weighted by Crippen LogP contribution is -2.07. The molecular weight excluding hydrogens is 398 g/mol. The summed E-state index contributed by atoms with van der Waals surface area (Å²) in [6, 6.07) is 12.1. The third-order valence-electron chi connectivity index (χ3n) is 3.22. The molecule has 0 aliphatic rings. The second-order valence-corrected chi connectivity index (χ2v) is 6.31. The minimum Gasteiger partial charge on any atom is -0.497 e. The van der Waals surface area contributed by atoms with Crippen LogP contribution in [0, 0.1) is 0 Å². The molecule has 0 spiro atoms. The number of ether oxygens (including phenoxy) is 2. The molecule has 0 aliphatic heterocycles. The number of halogens is 2. The Balaban J connectivity index is 2.21. The quantitative estimate of drug-likeness (QED) is 0.710. The molecule has 0 bridgehead atoms. The van der Waals surface area contributed by atoms with Gasteiger partial charge in [0.05, 0.1) is 24.4 Å². The van der Waals surface area contributed by atoms with Crippen molar-refractivity contribution in [1.29, 1.82) is 0 Å². The zero-order valence-electron chi connectivity index (χ0n) is 12.1. The van der Waals surface area contributed by atoms with Gasteiger partial charge in [-0.05, 0) is 68.6 Å². The molecule has 2 aromatic carbocycles. The molecule has 0 aliphatic carbocycles. The van der Waals surface area contributed by atoms with Crippen molar-refractivity contribution in [2.45, 2.75) is 13.0 Å². The Hall–Kier alpha value is -1.20. The molecule has 0 radical (unpaired) electrons. The molecule has 0 fully saturated rings. The lowest BCUT2D eigenvalue weighted by molar-refractivity contribution is 0.412. The van der Waals surface area contributed by atoms with Crippen LogP contribution in [0.25, 0.3) is 0 Å². The van der Waals surface area contributed by atoms with Crippen LogP contribution in [0.4, 0.5) is 5.69 Å². The van der Waals surface area contributed by atoms with E-state index < -0.39 is 0 Å². The van der Waals surface area contributed by atoms with Crippen molar-refractivity contribution in [3.63, 3.8) is 0 Å². The van der Waals surface area contributed by atoms with Crippen molar-refractivity contribution >= 4 is 37.5 Å². The Bertz CT molecular complexity index is 632. The second-order valence-electron chi connectivity index (χ2n) is 4.61. The maximum atomic E-state index is 5.26. The van der Waals surface area contributed by atoms with Crippen LogP contribution in [0.2, 0.25) is 0 Å². The normalized spacial score (nSPS) is 11.9. The van der Waals surface area contributed by atoms with Gasteiger partial charge in [0.25, 0.3) is 0 Å². The maximum absolute atomic E-state index is 5.26. The van der Waals surface area contributed by atoms with E-state index >= 15 is 0 Å². The van der Waals surface area contributed by atoms with Crippen LogP contribution in [-0.4, -0.2) is 14.2 Å². The van der Waals surface area contributed by atoms with E-state index in [1.54, 1.807) is 14.2 Å². The maximum Gasteiger partial charge on any atom is 0.133 e. The summed E-state index contributed by atoms with van der Waals surface area (Å²) in [5, 5.41) is 3.48. The summed E-state index contributed by atoms with van der Waals surface area (Å²) in [4.78, 5) is 0. The van der Waals surface area contributed by atoms with Gasteiger partial charge in [-0.2, -0.15) is 0 Å². The summed E-state index contributed by atoms with van der Waals surface area (Å²) in [5.41, 5.74) is 2.16. The molecule has 0 saturated carbocycles. The summed E-state index contributed by atoms with van der Waals surface area (Å²) in [6.45, 7) is 2.11. The van der Waals surface area contributed by atoms with Gasteiger partial charge in [0.2, 0.25) is 0 Å². The Labute approximate surface area is 141 Å². The Kier molecular flexibility index (Phi) is 5.53. The van der Waals surface area contributed by atoms with E-state index in [-0.39, 0.29) is 6.04 Å². The fourth-order valence-corrected chi connectivity index (χ4v) is 2.93. The number of hydrogen-bond acceptors (Lipinski definition) is 3. The van der Waals surface area contributed by atoms with Crippen LogP contribution in [0.1, 0.15) is 18.5 Å². The van der Waals surface area contributed by atoms with E-state index in [1.807, 2.05) is 24.3 Å². The van der Waals surface area contributed by atoms with Gasteiger partial charge >= 0.3 is 0 Å². The van der Waals surface area contributed by atoms with Gasteiger partial charge < -0.3 is 14.8 Å². The molecule has 2 aromatic rings. The van der Waals surface area contributed by atoms with Gasteiger partial charge in [-0.25, -0.2) is 0 Å². The topological polar surface area (TPSA) is 30.5 Å². The molecule has 2 rings (SSSR count). The average molecular weight is 415 g/mol. The molecular formula is C16H17Br2NO2. The van der Waals surface area contributed by atoms with Crippen LogP contribution in [0.3, 0.4) is 0 Å². The van der Waals surface area contributed by atoms with Crippen LogP contribution in [0.15, 0.2) is 45.3 Å². The molecule has 21 heavy (non-hydrogen) atoms. The van der Waals surface area contributed by atoms with E-state index in [0.29, 0.717) is 0 Å². The Morgan fingerprint density at radius 2 is 1.71 bits per heavy atom. The summed E-state index contributed by atoms with van der Waals surface area (Å²) in [5.74, 6) is 1.65. The van der Waals surface area contributed by atoms with Crippen LogP contribution < -0.4 is 14.8 Å². The van der Waals surface area contributed by atoms with Gasteiger partial charge in [-0.3, -0.25) is 0 Å². The summed E-state index contributed by atoms with van der Waals surface area (Å²) in [7, 11) is 3.33. The van der Waals surface area contributed by atoms with Crippen molar-refractivity contribution in [3.8, 4) is 11.5 Å². The number of rotatable bonds is 5. The number of hydrogen-bond donors (Lipinski definition) is 1. The first-order chi connectivity index (χ1) is 10.0. The summed E-state index contributed by atoms with van der Waals surface area (Å²) in [6.07, 6.45) is 0. The van der Waals surface area contributed by atoms with Crippen molar-refractivity contribution in [2.24, 2.45) is 0 Å². The highest BCUT2D eigenvalue weighted by atomic mass is 79.9. The highest BCUT2D eigenvalue weighted by molar-refractivity contribution is 9.11. The van der Waals surface area contributed by atoms with E-state index in [1.165, 1.54) is 0 Å². The molecule has 1 atom stereocenters. The minimum absolute atomic E-state index is 0.149. The molecule has 0 heterocycles. The minimum atomic E-state index is 0.149. The first kappa shape index (κ1) is 16.2. The third-order valence-corrected chi connectivity index (χ3v) is 4.53. The SMILES string of the molecule is COc1ccc(Br)c(NC(C)c2ccc(OC)c(Br)c2)c1. The first-order valence-corrected chi connectivity index (χ1v) is 8.07. The van der Waals surface area contributed by atoms with Crippen molar-refractivity contribution < 1.29 is 9.47 Å². The molecule has 1 N–H and O–H groups in total. The summed E-state index contributed by atoms with van der Waals surface area (Å²) < 4.78 is 12.5. The standard InChI is InChI=1S/C16H17Br2NO2/c1-10(11-4-7-16(21-3)14(18)8-11)19-15-9-12(20-2)5-6-13(15)17/h4-10,19H,1-3H3. The van der Waals surface area contributed by atoms with E-state index in [9.17, 15) is 0 Å².